The van der Waals surface area contributed by atoms with Gasteiger partial charge in [-0.2, -0.15) is 4.98 Å². The van der Waals surface area contributed by atoms with Crippen LogP contribution in [0.3, 0.4) is 0 Å². The molecule has 2 aromatic rings. The van der Waals surface area contributed by atoms with Gasteiger partial charge in [0.1, 0.15) is 5.52 Å². The highest BCUT2D eigenvalue weighted by Crippen LogP contribution is 2.18. The van der Waals surface area contributed by atoms with Crippen LogP contribution in [0.2, 0.25) is 0 Å². The summed E-state index contributed by atoms with van der Waals surface area (Å²) >= 11 is 0. The number of oxazole rings is 1. The number of para-hydroxylation sites is 2. The van der Waals surface area contributed by atoms with Crippen molar-refractivity contribution < 1.29 is 4.42 Å². The van der Waals surface area contributed by atoms with Crippen LogP contribution < -0.4 is 10.6 Å². The van der Waals surface area contributed by atoms with Crippen LogP contribution in [0.5, 0.6) is 0 Å². The van der Waals surface area contributed by atoms with E-state index in [0.29, 0.717) is 12.1 Å². The number of anilines is 1. The van der Waals surface area contributed by atoms with E-state index in [4.69, 9.17) is 4.42 Å². The van der Waals surface area contributed by atoms with Crippen LogP contribution in [0.15, 0.2) is 28.7 Å². The molecule has 0 spiro atoms. The Hall–Kier alpha value is -1.55. The maximum absolute atomic E-state index is 5.63. The lowest BCUT2D eigenvalue weighted by molar-refractivity contribution is 0.467. The molecule has 1 aromatic heterocycles. The Bertz CT molecular complexity index is 496. The Morgan fingerprint density at radius 1 is 1.05 bits per heavy atom. The second-order valence-electron chi connectivity index (χ2n) is 5.56. The molecule has 1 aliphatic rings. The van der Waals surface area contributed by atoms with E-state index in [0.717, 1.165) is 24.2 Å². The van der Waals surface area contributed by atoms with E-state index in [1.807, 2.05) is 24.3 Å². The maximum atomic E-state index is 5.63. The van der Waals surface area contributed by atoms with Gasteiger partial charge in [-0.3, -0.25) is 0 Å². The standard InChI is InChI=1S/C16H23N3O/c1-2-4-8-13(7-3-1)17-11-12-18-16-19-14-9-5-6-10-15(14)20-16/h5-6,9-10,13,17H,1-4,7-8,11-12H2,(H,18,19). The largest absolute Gasteiger partial charge is 0.424 e. The lowest BCUT2D eigenvalue weighted by atomic mass is 10.1. The van der Waals surface area contributed by atoms with E-state index in [2.05, 4.69) is 15.6 Å². The molecule has 4 heteroatoms. The van der Waals surface area contributed by atoms with Crippen LogP contribution in [0.4, 0.5) is 6.01 Å². The van der Waals surface area contributed by atoms with Crippen molar-refractivity contribution in [3.05, 3.63) is 24.3 Å². The molecule has 1 saturated carbocycles. The first-order valence-electron chi connectivity index (χ1n) is 7.75. The van der Waals surface area contributed by atoms with Crippen LogP contribution in [-0.4, -0.2) is 24.1 Å². The molecule has 0 atom stereocenters. The van der Waals surface area contributed by atoms with Crippen molar-refractivity contribution in [2.45, 2.75) is 44.6 Å². The third kappa shape index (κ3) is 3.51. The third-order valence-corrected chi connectivity index (χ3v) is 3.98. The predicted molar refractivity (Wildman–Crippen MR) is 82.0 cm³/mol. The summed E-state index contributed by atoms with van der Waals surface area (Å²) in [5.74, 6) is 0. The molecule has 108 valence electrons. The Morgan fingerprint density at radius 2 is 1.85 bits per heavy atom. The normalized spacial score (nSPS) is 17.2. The highest BCUT2D eigenvalue weighted by molar-refractivity contribution is 5.74. The minimum atomic E-state index is 0.619. The van der Waals surface area contributed by atoms with E-state index >= 15 is 0 Å². The Balaban J connectivity index is 1.43. The Labute approximate surface area is 120 Å². The fourth-order valence-electron chi connectivity index (χ4n) is 2.88. The summed E-state index contributed by atoms with van der Waals surface area (Å²) < 4.78 is 5.63. The average Bonchev–Trinajstić information content (AvgIpc) is 2.70. The van der Waals surface area contributed by atoms with Gasteiger partial charge in [0.2, 0.25) is 0 Å². The van der Waals surface area contributed by atoms with E-state index in [-0.39, 0.29) is 0 Å². The van der Waals surface area contributed by atoms with Gasteiger partial charge in [-0.05, 0) is 25.0 Å². The second-order valence-corrected chi connectivity index (χ2v) is 5.56. The van der Waals surface area contributed by atoms with Crippen molar-refractivity contribution in [2.75, 3.05) is 18.4 Å². The fourth-order valence-corrected chi connectivity index (χ4v) is 2.88. The van der Waals surface area contributed by atoms with Crippen molar-refractivity contribution >= 4 is 17.1 Å². The van der Waals surface area contributed by atoms with Gasteiger partial charge in [-0.15, -0.1) is 0 Å². The zero-order valence-corrected chi connectivity index (χ0v) is 11.9. The minimum Gasteiger partial charge on any atom is -0.424 e. The maximum Gasteiger partial charge on any atom is 0.295 e. The first kappa shape index (κ1) is 13.4. The van der Waals surface area contributed by atoms with E-state index in [9.17, 15) is 0 Å². The number of aromatic nitrogens is 1. The van der Waals surface area contributed by atoms with Gasteiger partial charge in [-0.1, -0.05) is 37.8 Å². The first-order valence-corrected chi connectivity index (χ1v) is 7.75. The lowest BCUT2D eigenvalue weighted by Gasteiger charge is -2.15. The number of nitrogens with one attached hydrogen (secondary N) is 2. The number of hydrogen-bond donors (Lipinski definition) is 2. The van der Waals surface area contributed by atoms with Crippen LogP contribution >= 0.6 is 0 Å². The average molecular weight is 273 g/mol. The number of hydrogen-bond acceptors (Lipinski definition) is 4. The van der Waals surface area contributed by atoms with Gasteiger partial charge < -0.3 is 15.1 Å². The highest BCUT2D eigenvalue weighted by atomic mass is 16.4. The minimum absolute atomic E-state index is 0.619. The van der Waals surface area contributed by atoms with Crippen LogP contribution in [0.25, 0.3) is 11.1 Å². The number of nitrogens with zero attached hydrogens (tertiary/aromatic N) is 1. The number of fused-ring (bicyclic) bond motifs is 1. The zero-order chi connectivity index (χ0) is 13.6. The van der Waals surface area contributed by atoms with Gasteiger partial charge in [0.15, 0.2) is 5.58 Å². The van der Waals surface area contributed by atoms with E-state index in [1.54, 1.807) is 0 Å². The van der Waals surface area contributed by atoms with Crippen molar-refractivity contribution in [3.63, 3.8) is 0 Å². The fraction of sp³-hybridized carbons (Fsp3) is 0.562. The van der Waals surface area contributed by atoms with Gasteiger partial charge in [0.25, 0.3) is 6.01 Å². The summed E-state index contributed by atoms with van der Waals surface area (Å²) in [5.41, 5.74) is 1.75. The molecule has 0 unspecified atom stereocenters. The van der Waals surface area contributed by atoms with Gasteiger partial charge in [-0.25, -0.2) is 0 Å². The van der Waals surface area contributed by atoms with Crippen molar-refractivity contribution in [1.29, 1.82) is 0 Å². The summed E-state index contributed by atoms with van der Waals surface area (Å²) in [6.07, 6.45) is 8.19. The van der Waals surface area contributed by atoms with Gasteiger partial charge in [0, 0.05) is 19.1 Å². The van der Waals surface area contributed by atoms with Crippen molar-refractivity contribution in [1.82, 2.24) is 10.3 Å². The molecular weight excluding hydrogens is 250 g/mol. The Morgan fingerprint density at radius 3 is 2.65 bits per heavy atom. The molecule has 1 heterocycles. The van der Waals surface area contributed by atoms with Crippen molar-refractivity contribution in [2.24, 2.45) is 0 Å². The predicted octanol–water partition coefficient (Wildman–Crippen LogP) is 3.55. The molecule has 3 rings (SSSR count). The topological polar surface area (TPSA) is 50.1 Å². The molecule has 0 aliphatic heterocycles. The van der Waals surface area contributed by atoms with Gasteiger partial charge >= 0.3 is 0 Å². The zero-order valence-electron chi connectivity index (χ0n) is 11.9. The summed E-state index contributed by atoms with van der Waals surface area (Å²) in [5, 5.41) is 6.88. The van der Waals surface area contributed by atoms with E-state index in [1.165, 1.54) is 38.5 Å². The lowest BCUT2D eigenvalue weighted by Crippen LogP contribution is -2.32. The third-order valence-electron chi connectivity index (χ3n) is 3.98. The molecule has 0 amide bonds. The molecule has 0 saturated heterocycles. The molecule has 0 bridgehead atoms. The first-order chi connectivity index (χ1) is 9.92. The molecule has 1 fully saturated rings. The monoisotopic (exact) mass is 273 g/mol. The molecule has 20 heavy (non-hydrogen) atoms. The van der Waals surface area contributed by atoms with Crippen molar-refractivity contribution in [3.8, 4) is 0 Å². The SMILES string of the molecule is c1ccc2oc(NCCNC3CCCCCC3)nc2c1. The van der Waals surface area contributed by atoms with Crippen LogP contribution in [0, 0.1) is 0 Å². The molecule has 0 radical (unpaired) electrons. The Kier molecular flexibility index (Phi) is 4.53. The molecule has 2 N–H and O–H groups in total. The molecule has 1 aliphatic carbocycles. The summed E-state index contributed by atoms with van der Waals surface area (Å²) in [7, 11) is 0. The van der Waals surface area contributed by atoms with Crippen LogP contribution in [-0.2, 0) is 0 Å². The highest BCUT2D eigenvalue weighted by Gasteiger charge is 2.11. The molecule has 1 aromatic carbocycles. The number of rotatable bonds is 5. The summed E-state index contributed by atoms with van der Waals surface area (Å²) in [6.45, 7) is 1.81. The molecular formula is C16H23N3O. The quantitative estimate of drug-likeness (QED) is 0.646. The second kappa shape index (κ2) is 6.75. The smallest absolute Gasteiger partial charge is 0.295 e. The summed E-state index contributed by atoms with van der Waals surface area (Å²) in [4.78, 5) is 4.41. The summed E-state index contributed by atoms with van der Waals surface area (Å²) in [6, 6.07) is 9.16. The molecule has 4 nitrogen and oxygen atoms in total. The van der Waals surface area contributed by atoms with E-state index < -0.39 is 0 Å². The van der Waals surface area contributed by atoms with Gasteiger partial charge in [0.05, 0.1) is 0 Å². The van der Waals surface area contributed by atoms with Crippen LogP contribution in [0.1, 0.15) is 38.5 Å². The number of benzene rings is 1.